The zero-order valence-corrected chi connectivity index (χ0v) is 13.5. The molecule has 0 aromatic heterocycles. The molecule has 128 valence electrons. The molecule has 23 heavy (non-hydrogen) atoms. The summed E-state index contributed by atoms with van der Waals surface area (Å²) in [4.78, 5) is 13.7. The lowest BCUT2D eigenvalue weighted by atomic mass is 9.98. The molecule has 1 fully saturated rings. The summed E-state index contributed by atoms with van der Waals surface area (Å²) in [6.07, 6.45) is -2.25. The van der Waals surface area contributed by atoms with Crippen molar-refractivity contribution >= 4 is 11.7 Å². The first-order valence-corrected chi connectivity index (χ1v) is 8.10. The van der Waals surface area contributed by atoms with Gasteiger partial charge in [0.15, 0.2) is 0 Å². The number of urea groups is 1. The lowest BCUT2D eigenvalue weighted by molar-refractivity contribution is -0.183. The normalized spacial score (nSPS) is 18.8. The fourth-order valence-corrected chi connectivity index (χ4v) is 3.02. The number of nitrogens with one attached hydrogen (secondary N) is 1. The van der Waals surface area contributed by atoms with Crippen molar-refractivity contribution in [2.24, 2.45) is 5.92 Å². The van der Waals surface area contributed by atoms with E-state index < -0.39 is 18.1 Å². The molecule has 2 amide bonds. The van der Waals surface area contributed by atoms with Crippen LogP contribution in [0.15, 0.2) is 18.2 Å². The van der Waals surface area contributed by atoms with Gasteiger partial charge in [-0.3, -0.25) is 0 Å². The predicted octanol–water partition coefficient (Wildman–Crippen LogP) is 4.62. The second kappa shape index (κ2) is 7.23. The van der Waals surface area contributed by atoms with Crippen LogP contribution in [0.25, 0.3) is 0 Å². The molecule has 1 atom stereocenters. The Balaban J connectivity index is 2.13. The SMILES string of the molecule is CCc1cccc(CC)c1NC(=O)N1CCC[C@H](C(F)(F)F)C1. The summed E-state index contributed by atoms with van der Waals surface area (Å²) < 4.78 is 38.7. The molecular formula is C17H23F3N2O. The summed E-state index contributed by atoms with van der Waals surface area (Å²) in [5, 5.41) is 2.84. The number of para-hydroxylation sites is 1. The van der Waals surface area contributed by atoms with Crippen LogP contribution in [0.4, 0.5) is 23.7 Å². The number of alkyl halides is 3. The Morgan fingerprint density at radius 2 is 1.87 bits per heavy atom. The molecule has 0 unspecified atom stereocenters. The number of piperidine rings is 1. The van der Waals surface area contributed by atoms with E-state index >= 15 is 0 Å². The van der Waals surface area contributed by atoms with Gasteiger partial charge in [0.25, 0.3) is 0 Å². The van der Waals surface area contributed by atoms with Gasteiger partial charge in [-0.25, -0.2) is 4.79 Å². The van der Waals surface area contributed by atoms with Crippen LogP contribution in [-0.4, -0.2) is 30.2 Å². The minimum Gasteiger partial charge on any atom is -0.324 e. The number of amides is 2. The monoisotopic (exact) mass is 328 g/mol. The zero-order valence-electron chi connectivity index (χ0n) is 13.5. The van der Waals surface area contributed by atoms with Crippen LogP contribution in [0.5, 0.6) is 0 Å². The van der Waals surface area contributed by atoms with Gasteiger partial charge >= 0.3 is 12.2 Å². The van der Waals surface area contributed by atoms with Crippen molar-refractivity contribution in [1.29, 1.82) is 0 Å². The van der Waals surface area contributed by atoms with E-state index in [0.29, 0.717) is 13.0 Å². The van der Waals surface area contributed by atoms with Crippen LogP contribution in [-0.2, 0) is 12.8 Å². The topological polar surface area (TPSA) is 32.3 Å². The number of anilines is 1. The first-order valence-electron chi connectivity index (χ1n) is 8.10. The van der Waals surface area contributed by atoms with Crippen molar-refractivity contribution in [2.45, 2.75) is 45.7 Å². The van der Waals surface area contributed by atoms with E-state index in [4.69, 9.17) is 0 Å². The summed E-state index contributed by atoms with van der Waals surface area (Å²) in [5.41, 5.74) is 2.75. The molecule has 0 aliphatic carbocycles. The van der Waals surface area contributed by atoms with Crippen molar-refractivity contribution in [3.05, 3.63) is 29.3 Å². The van der Waals surface area contributed by atoms with Gasteiger partial charge in [0.05, 0.1) is 5.92 Å². The third-order valence-electron chi connectivity index (χ3n) is 4.40. The lowest BCUT2D eigenvalue weighted by Gasteiger charge is -2.34. The quantitative estimate of drug-likeness (QED) is 0.863. The molecule has 1 aromatic carbocycles. The molecule has 0 bridgehead atoms. The molecule has 1 aliphatic heterocycles. The molecule has 0 saturated carbocycles. The van der Waals surface area contributed by atoms with E-state index in [1.165, 1.54) is 4.90 Å². The lowest BCUT2D eigenvalue weighted by Crippen LogP contribution is -2.46. The van der Waals surface area contributed by atoms with Crippen LogP contribution in [0.1, 0.15) is 37.8 Å². The summed E-state index contributed by atoms with van der Waals surface area (Å²) >= 11 is 0. The second-order valence-electron chi connectivity index (χ2n) is 5.92. The van der Waals surface area contributed by atoms with E-state index in [2.05, 4.69) is 5.32 Å². The van der Waals surface area contributed by atoms with E-state index in [9.17, 15) is 18.0 Å². The van der Waals surface area contributed by atoms with E-state index in [1.54, 1.807) is 0 Å². The van der Waals surface area contributed by atoms with Crippen LogP contribution >= 0.6 is 0 Å². The molecule has 6 heteroatoms. The van der Waals surface area contributed by atoms with Crippen molar-refractivity contribution in [2.75, 3.05) is 18.4 Å². The van der Waals surface area contributed by atoms with Gasteiger partial charge in [-0.1, -0.05) is 32.0 Å². The maximum absolute atomic E-state index is 12.9. The number of hydrogen-bond acceptors (Lipinski definition) is 1. The zero-order chi connectivity index (χ0) is 17.0. The number of carbonyl (C=O) groups excluding carboxylic acids is 1. The Morgan fingerprint density at radius 1 is 1.26 bits per heavy atom. The Bertz CT molecular complexity index is 535. The molecule has 1 N–H and O–H groups in total. The number of carbonyl (C=O) groups is 1. The number of rotatable bonds is 3. The molecule has 1 aliphatic rings. The summed E-state index contributed by atoms with van der Waals surface area (Å²) in [6.45, 7) is 4.09. The molecule has 3 nitrogen and oxygen atoms in total. The summed E-state index contributed by atoms with van der Waals surface area (Å²) in [6, 6.07) is 5.37. The smallest absolute Gasteiger partial charge is 0.324 e. The van der Waals surface area contributed by atoms with Gasteiger partial charge in [0, 0.05) is 18.8 Å². The second-order valence-corrected chi connectivity index (χ2v) is 5.92. The summed E-state index contributed by atoms with van der Waals surface area (Å²) in [5.74, 6) is -1.42. The highest BCUT2D eigenvalue weighted by molar-refractivity contribution is 5.91. The van der Waals surface area contributed by atoms with Crippen LogP contribution < -0.4 is 5.32 Å². The third kappa shape index (κ3) is 4.18. The molecule has 0 radical (unpaired) electrons. The summed E-state index contributed by atoms with van der Waals surface area (Å²) in [7, 11) is 0. The van der Waals surface area contributed by atoms with Crippen molar-refractivity contribution in [3.63, 3.8) is 0 Å². The molecular weight excluding hydrogens is 305 g/mol. The van der Waals surface area contributed by atoms with Gasteiger partial charge in [0.1, 0.15) is 0 Å². The fraction of sp³-hybridized carbons (Fsp3) is 0.588. The number of nitrogens with zero attached hydrogens (tertiary/aromatic N) is 1. The molecule has 1 heterocycles. The van der Waals surface area contributed by atoms with Gasteiger partial charge in [-0.05, 0) is 36.8 Å². The van der Waals surface area contributed by atoms with E-state index in [1.807, 2.05) is 32.0 Å². The number of aryl methyl sites for hydroxylation is 2. The van der Waals surface area contributed by atoms with Crippen LogP contribution in [0, 0.1) is 5.92 Å². The van der Waals surface area contributed by atoms with Gasteiger partial charge < -0.3 is 10.2 Å². The highest BCUT2D eigenvalue weighted by Crippen LogP contribution is 2.33. The van der Waals surface area contributed by atoms with Crippen LogP contribution in [0.2, 0.25) is 0 Å². The highest BCUT2D eigenvalue weighted by Gasteiger charge is 2.42. The van der Waals surface area contributed by atoms with Gasteiger partial charge in [0.2, 0.25) is 0 Å². The Kier molecular flexibility index (Phi) is 5.55. The molecule has 2 rings (SSSR count). The van der Waals surface area contributed by atoms with Crippen molar-refractivity contribution in [3.8, 4) is 0 Å². The minimum absolute atomic E-state index is 0.0963. The standard InChI is InChI=1S/C17H23F3N2O/c1-3-12-7-5-8-13(4-2)15(12)21-16(23)22-10-6-9-14(11-22)17(18,19)20/h5,7-8,14H,3-4,6,9-11H2,1-2H3,(H,21,23)/t14-/m0/s1. The predicted molar refractivity (Wildman–Crippen MR) is 84.6 cm³/mol. The van der Waals surface area contributed by atoms with E-state index in [-0.39, 0.29) is 13.0 Å². The van der Waals surface area contributed by atoms with E-state index in [0.717, 1.165) is 29.7 Å². The number of halogens is 3. The average molecular weight is 328 g/mol. The first-order chi connectivity index (χ1) is 10.9. The van der Waals surface area contributed by atoms with Crippen molar-refractivity contribution < 1.29 is 18.0 Å². The van der Waals surface area contributed by atoms with Crippen LogP contribution in [0.3, 0.4) is 0 Å². The van der Waals surface area contributed by atoms with Crippen molar-refractivity contribution in [1.82, 2.24) is 4.90 Å². The Morgan fingerprint density at radius 3 is 2.39 bits per heavy atom. The molecule has 1 aromatic rings. The number of hydrogen-bond donors (Lipinski definition) is 1. The third-order valence-corrected chi connectivity index (χ3v) is 4.40. The Hall–Kier alpha value is -1.72. The maximum atomic E-state index is 12.9. The largest absolute Gasteiger partial charge is 0.393 e. The first kappa shape index (κ1) is 17.6. The fourth-order valence-electron chi connectivity index (χ4n) is 3.02. The molecule has 0 spiro atoms. The van der Waals surface area contributed by atoms with Gasteiger partial charge in [-0.15, -0.1) is 0 Å². The minimum atomic E-state index is -4.24. The molecule has 1 saturated heterocycles. The number of benzene rings is 1. The Labute approximate surface area is 134 Å². The average Bonchev–Trinajstić information content (AvgIpc) is 2.54. The number of likely N-dealkylation sites (tertiary alicyclic amines) is 1. The highest BCUT2D eigenvalue weighted by atomic mass is 19.4. The maximum Gasteiger partial charge on any atom is 0.393 e. The van der Waals surface area contributed by atoms with Gasteiger partial charge in [-0.2, -0.15) is 13.2 Å².